The summed E-state index contributed by atoms with van der Waals surface area (Å²) in [4.78, 5) is 5.22. The number of hydrogen-bond donors (Lipinski definition) is 2. The maximum Gasteiger partial charge on any atom is 0.195 e. The number of imidazole rings is 1. The molecule has 19 heavy (non-hydrogen) atoms. The van der Waals surface area contributed by atoms with E-state index in [1.165, 1.54) is 0 Å². The summed E-state index contributed by atoms with van der Waals surface area (Å²) < 4.78 is 2.01. The van der Waals surface area contributed by atoms with Gasteiger partial charge in [-0.25, -0.2) is 4.98 Å². The average molecular weight is 302 g/mol. The Morgan fingerprint density at radius 1 is 1.47 bits per heavy atom. The van der Waals surface area contributed by atoms with Gasteiger partial charge in [-0.1, -0.05) is 25.4 Å². The highest BCUT2D eigenvalue weighted by Gasteiger charge is 2.24. The van der Waals surface area contributed by atoms with Crippen LogP contribution in [0.25, 0.3) is 4.96 Å². The summed E-state index contributed by atoms with van der Waals surface area (Å²) in [5, 5.41) is 15.5. The first-order chi connectivity index (χ1) is 9.15. The first kappa shape index (κ1) is 14.8. The second-order valence-electron chi connectivity index (χ2n) is 4.87. The third kappa shape index (κ3) is 2.94. The highest BCUT2D eigenvalue weighted by atomic mass is 35.5. The van der Waals surface area contributed by atoms with E-state index < -0.39 is 0 Å². The van der Waals surface area contributed by atoms with E-state index in [4.69, 9.17) is 11.6 Å². The Labute approximate surface area is 122 Å². The van der Waals surface area contributed by atoms with Gasteiger partial charge in [-0.15, -0.1) is 11.3 Å². The average Bonchev–Trinajstić information content (AvgIpc) is 2.98. The molecule has 2 N–H and O–H groups in total. The van der Waals surface area contributed by atoms with Crippen molar-refractivity contribution in [2.75, 3.05) is 13.2 Å². The molecule has 0 aliphatic heterocycles. The molecule has 0 spiro atoms. The molecule has 106 valence electrons. The van der Waals surface area contributed by atoms with Crippen molar-refractivity contribution in [3.05, 3.63) is 22.4 Å². The standard InChI is InChI=1S/C13H20ClN3OS/c1-3-13(4-2,9-18)8-15-7-10-11(14)16-12-17(10)5-6-19-12/h5-6,15,18H,3-4,7-9H2,1-2H3. The Morgan fingerprint density at radius 2 is 2.21 bits per heavy atom. The molecule has 0 atom stereocenters. The molecule has 4 nitrogen and oxygen atoms in total. The zero-order chi connectivity index (χ0) is 13.9. The largest absolute Gasteiger partial charge is 0.396 e. The molecule has 0 aliphatic carbocycles. The predicted octanol–water partition coefficient (Wildman–Crippen LogP) is 2.94. The smallest absolute Gasteiger partial charge is 0.195 e. The third-order valence-electron chi connectivity index (χ3n) is 3.94. The lowest BCUT2D eigenvalue weighted by atomic mass is 9.83. The van der Waals surface area contributed by atoms with Gasteiger partial charge in [0.2, 0.25) is 0 Å². The number of thiazole rings is 1. The SMILES string of the molecule is CCC(CC)(CO)CNCc1c(Cl)nc2sccn12. The molecule has 0 amide bonds. The molecule has 0 saturated heterocycles. The number of nitrogens with one attached hydrogen (secondary N) is 1. The summed E-state index contributed by atoms with van der Waals surface area (Å²) in [6.07, 6.45) is 3.90. The first-order valence-electron chi connectivity index (χ1n) is 6.57. The number of aliphatic hydroxyl groups is 1. The lowest BCUT2D eigenvalue weighted by Gasteiger charge is -2.29. The van der Waals surface area contributed by atoms with Crippen LogP contribution in [-0.4, -0.2) is 27.6 Å². The van der Waals surface area contributed by atoms with Crippen molar-refractivity contribution in [3.8, 4) is 0 Å². The van der Waals surface area contributed by atoms with E-state index in [-0.39, 0.29) is 12.0 Å². The molecule has 2 aromatic heterocycles. The van der Waals surface area contributed by atoms with Crippen molar-refractivity contribution in [1.29, 1.82) is 0 Å². The van der Waals surface area contributed by atoms with E-state index in [9.17, 15) is 5.11 Å². The van der Waals surface area contributed by atoms with Gasteiger partial charge in [0.05, 0.1) is 5.69 Å². The minimum atomic E-state index is -0.0368. The van der Waals surface area contributed by atoms with E-state index >= 15 is 0 Å². The molecule has 2 aromatic rings. The predicted molar refractivity (Wildman–Crippen MR) is 79.9 cm³/mol. The number of fused-ring (bicyclic) bond motifs is 1. The van der Waals surface area contributed by atoms with Crippen LogP contribution in [0.4, 0.5) is 0 Å². The molecule has 0 bridgehead atoms. The van der Waals surface area contributed by atoms with Gasteiger partial charge in [-0.2, -0.15) is 0 Å². The first-order valence-corrected chi connectivity index (χ1v) is 7.83. The lowest BCUT2D eigenvalue weighted by Crippen LogP contribution is -2.36. The van der Waals surface area contributed by atoms with Crippen LogP contribution in [0.3, 0.4) is 0 Å². The zero-order valence-electron chi connectivity index (χ0n) is 11.3. The maximum absolute atomic E-state index is 9.55. The highest BCUT2D eigenvalue weighted by molar-refractivity contribution is 7.15. The van der Waals surface area contributed by atoms with E-state index in [2.05, 4.69) is 24.1 Å². The van der Waals surface area contributed by atoms with E-state index in [1.807, 2.05) is 16.0 Å². The Hall–Kier alpha value is -0.620. The van der Waals surface area contributed by atoms with Crippen LogP contribution in [-0.2, 0) is 6.54 Å². The van der Waals surface area contributed by atoms with Gasteiger partial charge < -0.3 is 10.4 Å². The number of aromatic nitrogens is 2. The molecule has 6 heteroatoms. The topological polar surface area (TPSA) is 49.6 Å². The van der Waals surface area contributed by atoms with Gasteiger partial charge in [0.15, 0.2) is 10.1 Å². The number of hydrogen-bond acceptors (Lipinski definition) is 4. The summed E-state index contributed by atoms with van der Waals surface area (Å²) >= 11 is 7.72. The Bertz CT molecular complexity index is 525. The second-order valence-corrected chi connectivity index (χ2v) is 6.10. The molecule has 2 rings (SSSR count). The third-order valence-corrected chi connectivity index (χ3v) is 5.00. The summed E-state index contributed by atoms with van der Waals surface area (Å²) in [5.74, 6) is 0. The van der Waals surface area contributed by atoms with Crippen molar-refractivity contribution in [1.82, 2.24) is 14.7 Å². The van der Waals surface area contributed by atoms with Gasteiger partial charge >= 0.3 is 0 Å². The maximum atomic E-state index is 9.55. The van der Waals surface area contributed by atoms with Crippen LogP contribution in [0.5, 0.6) is 0 Å². The van der Waals surface area contributed by atoms with Crippen LogP contribution in [0.15, 0.2) is 11.6 Å². The molecule has 2 heterocycles. The van der Waals surface area contributed by atoms with Crippen molar-refractivity contribution in [2.24, 2.45) is 5.41 Å². The van der Waals surface area contributed by atoms with Crippen LogP contribution < -0.4 is 5.32 Å². The molecule has 0 aliphatic rings. The summed E-state index contributed by atoms with van der Waals surface area (Å²) in [6.45, 7) is 5.89. The summed E-state index contributed by atoms with van der Waals surface area (Å²) in [6, 6.07) is 0. The molecular formula is C13H20ClN3OS. The number of halogens is 1. The number of rotatable bonds is 7. The van der Waals surface area contributed by atoms with Crippen molar-refractivity contribution in [3.63, 3.8) is 0 Å². The van der Waals surface area contributed by atoms with Crippen LogP contribution in [0, 0.1) is 5.41 Å². The quantitative estimate of drug-likeness (QED) is 0.827. The lowest BCUT2D eigenvalue weighted by molar-refractivity contribution is 0.113. The van der Waals surface area contributed by atoms with Gasteiger partial charge in [-0.05, 0) is 12.8 Å². The fourth-order valence-corrected chi connectivity index (χ4v) is 3.21. The Balaban J connectivity index is 2.02. The van der Waals surface area contributed by atoms with Gasteiger partial charge in [-0.3, -0.25) is 4.40 Å². The number of nitrogens with zero attached hydrogens (tertiary/aromatic N) is 2. The second kappa shape index (κ2) is 6.22. The van der Waals surface area contributed by atoms with Crippen molar-refractivity contribution >= 4 is 27.9 Å². The van der Waals surface area contributed by atoms with Crippen LogP contribution in [0.2, 0.25) is 5.15 Å². The number of aliphatic hydroxyl groups excluding tert-OH is 1. The van der Waals surface area contributed by atoms with Crippen LogP contribution >= 0.6 is 22.9 Å². The molecule has 0 fully saturated rings. The Kier molecular flexibility index (Phi) is 4.84. The molecule has 0 aromatic carbocycles. The highest BCUT2D eigenvalue weighted by Crippen LogP contribution is 2.25. The van der Waals surface area contributed by atoms with Gasteiger partial charge in [0.25, 0.3) is 0 Å². The molecule has 0 unspecified atom stereocenters. The normalized spacial score (nSPS) is 12.4. The van der Waals surface area contributed by atoms with Gasteiger partial charge in [0.1, 0.15) is 0 Å². The monoisotopic (exact) mass is 301 g/mol. The van der Waals surface area contributed by atoms with Crippen molar-refractivity contribution < 1.29 is 5.11 Å². The van der Waals surface area contributed by atoms with Gasteiger partial charge in [0, 0.05) is 36.7 Å². The Morgan fingerprint density at radius 3 is 2.84 bits per heavy atom. The van der Waals surface area contributed by atoms with Crippen LogP contribution in [0.1, 0.15) is 32.4 Å². The minimum Gasteiger partial charge on any atom is -0.396 e. The fourth-order valence-electron chi connectivity index (χ4n) is 2.19. The molecular weight excluding hydrogens is 282 g/mol. The van der Waals surface area contributed by atoms with E-state index in [0.29, 0.717) is 11.7 Å². The van der Waals surface area contributed by atoms with Crippen molar-refractivity contribution in [2.45, 2.75) is 33.2 Å². The molecule has 0 saturated carbocycles. The minimum absolute atomic E-state index is 0.0368. The van der Waals surface area contributed by atoms with E-state index in [0.717, 1.165) is 30.0 Å². The molecule has 0 radical (unpaired) electrons. The van der Waals surface area contributed by atoms with E-state index in [1.54, 1.807) is 11.3 Å². The fraction of sp³-hybridized carbons (Fsp3) is 0.615. The summed E-state index contributed by atoms with van der Waals surface area (Å²) in [5.41, 5.74) is 0.947. The summed E-state index contributed by atoms with van der Waals surface area (Å²) in [7, 11) is 0. The zero-order valence-corrected chi connectivity index (χ0v) is 12.9.